The van der Waals surface area contributed by atoms with Gasteiger partial charge >= 0.3 is 0 Å². The van der Waals surface area contributed by atoms with Gasteiger partial charge in [0.25, 0.3) is 0 Å². The predicted molar refractivity (Wildman–Crippen MR) is 87.1 cm³/mol. The van der Waals surface area contributed by atoms with Crippen LogP contribution in [0.15, 0.2) is 60.7 Å². The van der Waals surface area contributed by atoms with E-state index < -0.39 is 0 Å². The van der Waals surface area contributed by atoms with Crippen LogP contribution in [0, 0.1) is 0 Å². The van der Waals surface area contributed by atoms with Crippen molar-refractivity contribution in [3.8, 4) is 5.75 Å². The Morgan fingerprint density at radius 3 is 2.52 bits per heavy atom. The lowest BCUT2D eigenvalue weighted by atomic mass is 10.00. The molecule has 1 aliphatic rings. The van der Waals surface area contributed by atoms with Gasteiger partial charge in [0.2, 0.25) is 0 Å². The van der Waals surface area contributed by atoms with E-state index in [1.54, 1.807) is 0 Å². The van der Waals surface area contributed by atoms with Crippen LogP contribution in [-0.2, 0) is 0 Å². The predicted octanol–water partition coefficient (Wildman–Crippen LogP) is 4.50. The van der Waals surface area contributed by atoms with Gasteiger partial charge in [-0.1, -0.05) is 60.7 Å². The maximum atomic E-state index is 5.87. The van der Waals surface area contributed by atoms with Crippen LogP contribution in [0.4, 0.5) is 0 Å². The molecule has 0 radical (unpaired) electrons. The summed E-state index contributed by atoms with van der Waals surface area (Å²) in [6, 6.07) is 19.4. The number of benzene rings is 2. The Bertz CT molecular complexity index is 618. The minimum atomic E-state index is 0.259. The van der Waals surface area contributed by atoms with Gasteiger partial charge in [-0.15, -0.1) is 0 Å². The van der Waals surface area contributed by atoms with Crippen LogP contribution in [0.5, 0.6) is 5.75 Å². The molecule has 0 spiro atoms. The highest BCUT2D eigenvalue weighted by Gasteiger charge is 2.27. The highest BCUT2D eigenvalue weighted by atomic mass is 16.5. The maximum absolute atomic E-state index is 5.87. The van der Waals surface area contributed by atoms with Crippen LogP contribution in [0.25, 0.3) is 6.08 Å². The molecule has 1 heterocycles. The van der Waals surface area contributed by atoms with E-state index >= 15 is 0 Å². The summed E-state index contributed by atoms with van der Waals surface area (Å²) < 4.78 is 5.87. The Labute approximate surface area is 126 Å². The summed E-state index contributed by atoms with van der Waals surface area (Å²) in [6.07, 6.45) is 4.47. The van der Waals surface area contributed by atoms with E-state index in [4.69, 9.17) is 4.74 Å². The lowest BCUT2D eigenvalue weighted by Gasteiger charge is -2.38. The summed E-state index contributed by atoms with van der Waals surface area (Å²) in [5.74, 6) is 0.997. The van der Waals surface area contributed by atoms with Crippen LogP contribution in [0.2, 0.25) is 0 Å². The van der Waals surface area contributed by atoms with E-state index in [-0.39, 0.29) is 6.04 Å². The van der Waals surface area contributed by atoms with Crippen LogP contribution in [-0.4, -0.2) is 17.7 Å². The van der Waals surface area contributed by atoms with Crippen molar-refractivity contribution in [3.05, 3.63) is 71.8 Å². The quantitative estimate of drug-likeness (QED) is 0.820. The average Bonchev–Trinajstić information content (AvgIpc) is 2.53. The molecule has 0 saturated carbocycles. The zero-order valence-corrected chi connectivity index (χ0v) is 12.6. The number of hydrogen-bond acceptors (Lipinski definition) is 2. The molecule has 2 aromatic rings. The van der Waals surface area contributed by atoms with Crippen molar-refractivity contribution >= 4 is 6.08 Å². The molecule has 0 fully saturated rings. The van der Waals surface area contributed by atoms with Crippen molar-refractivity contribution in [2.75, 3.05) is 6.73 Å². The SMILES string of the molecule is CC(C)N1COc2ccccc2C1/C=C/c1ccccc1. The minimum Gasteiger partial charge on any atom is -0.478 e. The van der Waals surface area contributed by atoms with Crippen molar-refractivity contribution in [2.45, 2.75) is 25.9 Å². The van der Waals surface area contributed by atoms with Crippen molar-refractivity contribution in [2.24, 2.45) is 0 Å². The van der Waals surface area contributed by atoms with Gasteiger partial charge in [0, 0.05) is 11.6 Å². The summed E-state index contributed by atoms with van der Waals surface area (Å²) in [5, 5.41) is 0. The largest absolute Gasteiger partial charge is 0.478 e. The first kappa shape index (κ1) is 13.9. The molecule has 2 aromatic carbocycles. The summed E-state index contributed by atoms with van der Waals surface area (Å²) in [7, 11) is 0. The van der Waals surface area contributed by atoms with Crippen molar-refractivity contribution < 1.29 is 4.74 Å². The smallest absolute Gasteiger partial charge is 0.143 e. The molecule has 0 amide bonds. The number of rotatable bonds is 3. The number of nitrogens with zero attached hydrogens (tertiary/aromatic N) is 1. The zero-order chi connectivity index (χ0) is 14.7. The fourth-order valence-corrected chi connectivity index (χ4v) is 2.71. The summed E-state index contributed by atoms with van der Waals surface area (Å²) in [6.45, 7) is 5.06. The van der Waals surface area contributed by atoms with E-state index in [1.807, 2.05) is 12.1 Å². The normalized spacial score (nSPS) is 18.7. The molecule has 0 saturated heterocycles. The standard InChI is InChI=1S/C19H21NO/c1-15(2)20-14-21-19-11-7-6-10-17(19)18(20)13-12-16-8-4-3-5-9-16/h3-13,15,18H,14H2,1-2H3/b13-12+. The highest BCUT2D eigenvalue weighted by molar-refractivity contribution is 5.52. The number of fused-ring (bicyclic) bond motifs is 1. The van der Waals surface area contributed by atoms with E-state index in [2.05, 4.69) is 73.4 Å². The monoisotopic (exact) mass is 279 g/mol. The van der Waals surface area contributed by atoms with E-state index in [0.29, 0.717) is 12.8 Å². The van der Waals surface area contributed by atoms with Gasteiger partial charge < -0.3 is 4.74 Å². The summed E-state index contributed by atoms with van der Waals surface area (Å²) in [4.78, 5) is 2.36. The fourth-order valence-electron chi connectivity index (χ4n) is 2.71. The molecule has 2 nitrogen and oxygen atoms in total. The molecule has 2 heteroatoms. The number of ether oxygens (including phenoxy) is 1. The number of hydrogen-bond donors (Lipinski definition) is 0. The fraction of sp³-hybridized carbons (Fsp3) is 0.263. The Kier molecular flexibility index (Phi) is 4.07. The van der Waals surface area contributed by atoms with Crippen LogP contribution in [0.3, 0.4) is 0 Å². The molecular weight excluding hydrogens is 258 g/mol. The maximum Gasteiger partial charge on any atom is 0.143 e. The van der Waals surface area contributed by atoms with Crippen LogP contribution < -0.4 is 4.74 Å². The molecule has 0 bridgehead atoms. The molecule has 1 unspecified atom stereocenters. The first-order valence-corrected chi connectivity index (χ1v) is 7.46. The summed E-state index contributed by atoms with van der Waals surface area (Å²) >= 11 is 0. The van der Waals surface area contributed by atoms with Gasteiger partial charge in [-0.05, 0) is 25.5 Å². The topological polar surface area (TPSA) is 12.5 Å². The third-order valence-electron chi connectivity index (χ3n) is 3.90. The molecular formula is C19H21NO. The first-order valence-electron chi connectivity index (χ1n) is 7.46. The molecule has 0 aromatic heterocycles. The van der Waals surface area contributed by atoms with Crippen LogP contribution >= 0.6 is 0 Å². The second-order valence-corrected chi connectivity index (χ2v) is 5.63. The molecule has 1 atom stereocenters. The summed E-state index contributed by atoms with van der Waals surface area (Å²) in [5.41, 5.74) is 2.47. The minimum absolute atomic E-state index is 0.259. The van der Waals surface area contributed by atoms with Gasteiger partial charge in [-0.25, -0.2) is 0 Å². The highest BCUT2D eigenvalue weighted by Crippen LogP contribution is 2.36. The molecule has 1 aliphatic heterocycles. The van der Waals surface area contributed by atoms with Gasteiger partial charge in [0.05, 0.1) is 6.04 Å². The third-order valence-corrected chi connectivity index (χ3v) is 3.90. The zero-order valence-electron chi connectivity index (χ0n) is 12.6. The van der Waals surface area contributed by atoms with E-state index in [9.17, 15) is 0 Å². The number of para-hydroxylation sites is 1. The second-order valence-electron chi connectivity index (χ2n) is 5.63. The second kappa shape index (κ2) is 6.15. The molecule has 0 aliphatic carbocycles. The Morgan fingerprint density at radius 2 is 1.76 bits per heavy atom. The van der Waals surface area contributed by atoms with Gasteiger partial charge in [0.1, 0.15) is 12.5 Å². The molecule has 108 valence electrons. The lowest BCUT2D eigenvalue weighted by molar-refractivity contribution is 0.0501. The van der Waals surface area contributed by atoms with Gasteiger partial charge in [-0.3, -0.25) is 4.90 Å². The Balaban J connectivity index is 1.94. The van der Waals surface area contributed by atoms with Crippen molar-refractivity contribution in [1.82, 2.24) is 4.90 Å². The average molecular weight is 279 g/mol. The lowest BCUT2D eigenvalue weighted by Crippen LogP contribution is -2.40. The van der Waals surface area contributed by atoms with E-state index in [1.165, 1.54) is 11.1 Å². The van der Waals surface area contributed by atoms with Crippen molar-refractivity contribution in [1.29, 1.82) is 0 Å². The van der Waals surface area contributed by atoms with E-state index in [0.717, 1.165) is 5.75 Å². The van der Waals surface area contributed by atoms with Crippen molar-refractivity contribution in [3.63, 3.8) is 0 Å². The Hall–Kier alpha value is -2.06. The van der Waals surface area contributed by atoms with Crippen LogP contribution in [0.1, 0.15) is 31.0 Å². The molecule has 0 N–H and O–H groups in total. The first-order chi connectivity index (χ1) is 10.3. The molecule has 21 heavy (non-hydrogen) atoms. The molecule has 3 rings (SSSR count). The van der Waals surface area contributed by atoms with Gasteiger partial charge in [-0.2, -0.15) is 0 Å². The third kappa shape index (κ3) is 3.01. The Morgan fingerprint density at radius 1 is 1.05 bits per heavy atom. The van der Waals surface area contributed by atoms with Gasteiger partial charge in [0.15, 0.2) is 0 Å².